The van der Waals surface area contributed by atoms with Gasteiger partial charge >= 0.3 is 0 Å². The minimum absolute atomic E-state index is 0.194. The summed E-state index contributed by atoms with van der Waals surface area (Å²) in [6, 6.07) is 8.35. The van der Waals surface area contributed by atoms with Crippen molar-refractivity contribution in [3.8, 4) is 23.0 Å². The maximum atomic E-state index is 12.4. The Morgan fingerprint density at radius 2 is 1.62 bits per heavy atom. The van der Waals surface area contributed by atoms with Crippen LogP contribution in [0.2, 0.25) is 0 Å². The number of ketones is 1. The van der Waals surface area contributed by atoms with E-state index in [0.29, 0.717) is 22.8 Å². The van der Waals surface area contributed by atoms with E-state index in [1.165, 1.54) is 27.4 Å². The van der Waals surface area contributed by atoms with Gasteiger partial charge in [-0.2, -0.15) is 0 Å². The van der Waals surface area contributed by atoms with E-state index in [2.05, 4.69) is 0 Å². The number of carbonyl (C=O) groups excluding carboxylic acids is 1. The molecule has 5 nitrogen and oxygen atoms in total. The Balaban J connectivity index is 2.32. The van der Waals surface area contributed by atoms with Crippen molar-refractivity contribution >= 4 is 11.9 Å². The largest absolute Gasteiger partial charge is 0.508 e. The lowest BCUT2D eigenvalue weighted by Crippen LogP contribution is -2.00. The highest BCUT2D eigenvalue weighted by molar-refractivity contribution is 6.07. The molecule has 0 atom stereocenters. The van der Waals surface area contributed by atoms with Crippen molar-refractivity contribution in [1.29, 1.82) is 0 Å². The first kappa shape index (κ1) is 17.4. The number of aryl methyl sites for hydroxylation is 1. The van der Waals surface area contributed by atoms with Gasteiger partial charge in [0.25, 0.3) is 0 Å². The molecule has 0 saturated carbocycles. The SMILES string of the molecule is COc1cc(C(=O)C=Cc2ccc(O)c(C)c2)cc(OC)c1OC. The normalized spacial score (nSPS) is 10.7. The lowest BCUT2D eigenvalue weighted by atomic mass is 10.1. The molecular weight excluding hydrogens is 308 g/mol. The second kappa shape index (κ2) is 7.55. The van der Waals surface area contributed by atoms with Gasteiger partial charge in [0.15, 0.2) is 17.3 Å². The molecule has 0 spiro atoms. The number of rotatable bonds is 6. The Morgan fingerprint density at radius 3 is 2.12 bits per heavy atom. The van der Waals surface area contributed by atoms with Gasteiger partial charge in [0.2, 0.25) is 5.75 Å². The average molecular weight is 328 g/mol. The van der Waals surface area contributed by atoms with Crippen molar-refractivity contribution in [3.63, 3.8) is 0 Å². The zero-order chi connectivity index (χ0) is 17.7. The fourth-order valence-corrected chi connectivity index (χ4v) is 2.27. The number of hydrogen-bond donors (Lipinski definition) is 1. The Hall–Kier alpha value is -2.95. The summed E-state index contributed by atoms with van der Waals surface area (Å²) in [6.07, 6.45) is 3.16. The Morgan fingerprint density at radius 1 is 1.00 bits per heavy atom. The third kappa shape index (κ3) is 3.68. The molecule has 0 heterocycles. The molecule has 0 fully saturated rings. The van der Waals surface area contributed by atoms with Crippen molar-refractivity contribution in [2.45, 2.75) is 6.92 Å². The molecule has 0 saturated heterocycles. The predicted octanol–water partition coefficient (Wildman–Crippen LogP) is 3.62. The van der Waals surface area contributed by atoms with E-state index < -0.39 is 0 Å². The van der Waals surface area contributed by atoms with Gasteiger partial charge in [0.05, 0.1) is 21.3 Å². The quantitative estimate of drug-likeness (QED) is 0.648. The number of allylic oxidation sites excluding steroid dienone is 1. The molecule has 126 valence electrons. The predicted molar refractivity (Wildman–Crippen MR) is 92.3 cm³/mol. The third-order valence-corrected chi connectivity index (χ3v) is 3.60. The molecule has 0 aliphatic rings. The molecular formula is C19H20O5. The van der Waals surface area contributed by atoms with Crippen LogP contribution in [0.5, 0.6) is 23.0 Å². The fourth-order valence-electron chi connectivity index (χ4n) is 2.27. The highest BCUT2D eigenvalue weighted by Gasteiger charge is 2.15. The van der Waals surface area contributed by atoms with Crippen LogP contribution in [0.1, 0.15) is 21.5 Å². The van der Waals surface area contributed by atoms with Crippen molar-refractivity contribution in [2.75, 3.05) is 21.3 Å². The lowest BCUT2D eigenvalue weighted by Gasteiger charge is -2.13. The van der Waals surface area contributed by atoms with E-state index in [0.717, 1.165) is 11.1 Å². The van der Waals surface area contributed by atoms with E-state index >= 15 is 0 Å². The van der Waals surface area contributed by atoms with Gasteiger partial charge in [0, 0.05) is 5.56 Å². The number of phenolic OH excluding ortho intramolecular Hbond substituents is 1. The standard InChI is InChI=1S/C19H20O5/c1-12-9-13(5-7-15(12)20)6-8-16(21)14-10-17(22-2)19(24-4)18(11-14)23-3/h5-11,20H,1-4H3. The Labute approximate surface area is 141 Å². The number of phenols is 1. The average Bonchev–Trinajstić information content (AvgIpc) is 2.60. The van der Waals surface area contributed by atoms with Crippen LogP contribution in [0.4, 0.5) is 0 Å². The second-order valence-electron chi connectivity index (χ2n) is 5.16. The summed E-state index contributed by atoms with van der Waals surface area (Å²) in [7, 11) is 4.51. The zero-order valence-corrected chi connectivity index (χ0v) is 14.1. The minimum Gasteiger partial charge on any atom is -0.508 e. The molecule has 5 heteroatoms. The van der Waals surface area contributed by atoms with Crippen LogP contribution in [-0.2, 0) is 0 Å². The van der Waals surface area contributed by atoms with Crippen LogP contribution in [0, 0.1) is 6.92 Å². The number of methoxy groups -OCH3 is 3. The number of aromatic hydroxyl groups is 1. The highest BCUT2D eigenvalue weighted by Crippen LogP contribution is 2.38. The monoisotopic (exact) mass is 328 g/mol. The Kier molecular flexibility index (Phi) is 5.47. The van der Waals surface area contributed by atoms with Gasteiger partial charge in [-0.25, -0.2) is 0 Å². The molecule has 0 aromatic heterocycles. The molecule has 0 radical (unpaired) electrons. The maximum Gasteiger partial charge on any atom is 0.203 e. The Bertz CT molecular complexity index is 752. The van der Waals surface area contributed by atoms with Gasteiger partial charge in [-0.15, -0.1) is 0 Å². The number of benzene rings is 2. The molecule has 2 aromatic rings. The van der Waals surface area contributed by atoms with Crippen LogP contribution < -0.4 is 14.2 Å². The molecule has 0 unspecified atom stereocenters. The summed E-state index contributed by atoms with van der Waals surface area (Å²) in [5, 5.41) is 9.53. The summed E-state index contributed by atoms with van der Waals surface area (Å²) in [4.78, 5) is 12.4. The van der Waals surface area contributed by atoms with Crippen LogP contribution >= 0.6 is 0 Å². The lowest BCUT2D eigenvalue weighted by molar-refractivity contribution is 0.104. The summed E-state index contributed by atoms with van der Waals surface area (Å²) in [6.45, 7) is 1.80. The molecule has 2 rings (SSSR count). The van der Waals surface area contributed by atoms with Gasteiger partial charge in [0.1, 0.15) is 5.75 Å². The van der Waals surface area contributed by atoms with Crippen molar-refractivity contribution < 1.29 is 24.1 Å². The first-order valence-electron chi connectivity index (χ1n) is 7.32. The summed E-state index contributed by atoms with van der Waals surface area (Å²) in [5.41, 5.74) is 2.00. The number of hydrogen-bond acceptors (Lipinski definition) is 5. The van der Waals surface area contributed by atoms with Crippen LogP contribution in [-0.4, -0.2) is 32.2 Å². The molecule has 2 aromatic carbocycles. The fraction of sp³-hybridized carbons (Fsp3) is 0.211. The molecule has 0 amide bonds. The first-order valence-corrected chi connectivity index (χ1v) is 7.32. The molecule has 0 aliphatic heterocycles. The molecule has 1 N–H and O–H groups in total. The van der Waals surface area contributed by atoms with Crippen LogP contribution in [0.25, 0.3) is 6.08 Å². The van der Waals surface area contributed by atoms with Crippen molar-refractivity contribution in [1.82, 2.24) is 0 Å². The molecule has 0 bridgehead atoms. The first-order chi connectivity index (χ1) is 11.5. The smallest absolute Gasteiger partial charge is 0.203 e. The van der Waals surface area contributed by atoms with E-state index in [1.807, 2.05) is 0 Å². The molecule has 0 aliphatic carbocycles. The van der Waals surface area contributed by atoms with Crippen LogP contribution in [0.15, 0.2) is 36.4 Å². The van der Waals surface area contributed by atoms with E-state index in [4.69, 9.17) is 14.2 Å². The van der Waals surface area contributed by atoms with E-state index in [-0.39, 0.29) is 11.5 Å². The second-order valence-corrected chi connectivity index (χ2v) is 5.16. The maximum absolute atomic E-state index is 12.4. The van der Waals surface area contributed by atoms with Gasteiger partial charge in [-0.3, -0.25) is 4.79 Å². The van der Waals surface area contributed by atoms with Gasteiger partial charge in [-0.05, 0) is 48.4 Å². The van der Waals surface area contributed by atoms with E-state index in [1.54, 1.807) is 43.3 Å². The number of carbonyl (C=O) groups is 1. The molecule has 24 heavy (non-hydrogen) atoms. The van der Waals surface area contributed by atoms with Gasteiger partial charge in [-0.1, -0.05) is 12.1 Å². The summed E-state index contributed by atoms with van der Waals surface area (Å²) < 4.78 is 15.7. The number of ether oxygens (including phenoxy) is 3. The van der Waals surface area contributed by atoms with E-state index in [9.17, 15) is 9.90 Å². The van der Waals surface area contributed by atoms with Gasteiger partial charge < -0.3 is 19.3 Å². The van der Waals surface area contributed by atoms with Crippen molar-refractivity contribution in [3.05, 3.63) is 53.1 Å². The minimum atomic E-state index is -0.194. The highest BCUT2D eigenvalue weighted by atomic mass is 16.5. The van der Waals surface area contributed by atoms with Crippen molar-refractivity contribution in [2.24, 2.45) is 0 Å². The zero-order valence-electron chi connectivity index (χ0n) is 14.1. The summed E-state index contributed by atoms with van der Waals surface area (Å²) in [5.74, 6) is 1.32. The topological polar surface area (TPSA) is 65.0 Å². The third-order valence-electron chi connectivity index (χ3n) is 3.60. The van der Waals surface area contributed by atoms with Crippen LogP contribution in [0.3, 0.4) is 0 Å². The summed E-state index contributed by atoms with van der Waals surface area (Å²) >= 11 is 0.